The number of ketones is 1. The summed E-state index contributed by atoms with van der Waals surface area (Å²) in [6.45, 7) is 22.0. The largest absolute Gasteiger partial charge is 0.406 e. The van der Waals surface area contributed by atoms with Gasteiger partial charge in [0, 0.05) is 11.7 Å². The lowest BCUT2D eigenvalue weighted by atomic mass is 9.73. The molecule has 2 aliphatic rings. The standard InChI is InChI=1S/C23H41NO3SSi2/c1-20(2,3)29(8,9)26-22(16-28-7)17-12-13-19(25)23(22,18(14-17)15-24)27-30(10,11)21(4,5)6/h12-13,17-18H,14,16H2,1-11H3/t17-,18+,22+,23+/m1/s1. The average molecular weight is 468 g/mol. The summed E-state index contributed by atoms with van der Waals surface area (Å²) in [6, 6.07) is 2.48. The first kappa shape index (κ1) is 25.9. The highest BCUT2D eigenvalue weighted by Crippen LogP contribution is 2.60. The van der Waals surface area contributed by atoms with Crippen LogP contribution in [-0.2, 0) is 13.6 Å². The zero-order valence-corrected chi connectivity index (χ0v) is 23.6. The molecule has 0 unspecified atom stereocenters. The van der Waals surface area contributed by atoms with Gasteiger partial charge >= 0.3 is 0 Å². The molecular formula is C23H41NO3SSi2. The zero-order chi connectivity index (χ0) is 23.4. The molecule has 2 aliphatic carbocycles. The van der Waals surface area contributed by atoms with Crippen molar-refractivity contribution in [2.24, 2.45) is 11.8 Å². The van der Waals surface area contributed by atoms with Crippen molar-refractivity contribution in [2.75, 3.05) is 12.0 Å². The van der Waals surface area contributed by atoms with E-state index in [0.717, 1.165) is 0 Å². The van der Waals surface area contributed by atoms with Gasteiger partial charge in [-0.2, -0.15) is 17.0 Å². The van der Waals surface area contributed by atoms with Crippen molar-refractivity contribution in [1.29, 1.82) is 5.26 Å². The molecule has 4 nitrogen and oxygen atoms in total. The van der Waals surface area contributed by atoms with Crippen LogP contribution in [0.4, 0.5) is 0 Å². The summed E-state index contributed by atoms with van der Waals surface area (Å²) in [5.41, 5.74) is -2.04. The van der Waals surface area contributed by atoms with Gasteiger partial charge in [-0.25, -0.2) is 0 Å². The second kappa shape index (κ2) is 7.88. The Morgan fingerprint density at radius 3 is 2.03 bits per heavy atom. The normalized spacial score (nSPS) is 32.4. The molecule has 0 N–H and O–H groups in total. The van der Waals surface area contributed by atoms with Gasteiger partial charge < -0.3 is 8.85 Å². The van der Waals surface area contributed by atoms with Crippen LogP contribution >= 0.6 is 11.8 Å². The monoisotopic (exact) mass is 467 g/mol. The van der Waals surface area contributed by atoms with Crippen LogP contribution in [0.1, 0.15) is 48.0 Å². The number of nitriles is 1. The van der Waals surface area contributed by atoms with E-state index < -0.39 is 33.8 Å². The van der Waals surface area contributed by atoms with Crippen LogP contribution in [0.5, 0.6) is 0 Å². The van der Waals surface area contributed by atoms with Crippen molar-refractivity contribution in [3.63, 3.8) is 0 Å². The topological polar surface area (TPSA) is 59.3 Å². The summed E-state index contributed by atoms with van der Waals surface area (Å²) in [6.07, 6.45) is 6.34. The van der Waals surface area contributed by atoms with Gasteiger partial charge in [-0.1, -0.05) is 47.6 Å². The lowest BCUT2D eigenvalue weighted by Crippen LogP contribution is -2.72. The van der Waals surface area contributed by atoms with Crippen LogP contribution in [-0.4, -0.2) is 45.6 Å². The predicted molar refractivity (Wildman–Crippen MR) is 132 cm³/mol. The number of carbonyl (C=O) groups excluding carboxylic acids is 1. The van der Waals surface area contributed by atoms with Gasteiger partial charge in [0.05, 0.1) is 12.0 Å². The fraction of sp³-hybridized carbons (Fsp3) is 0.826. The Bertz CT molecular complexity index is 760. The van der Waals surface area contributed by atoms with E-state index >= 15 is 0 Å². The summed E-state index contributed by atoms with van der Waals surface area (Å²) >= 11 is 1.69. The Hall–Kier alpha value is -0.396. The zero-order valence-electron chi connectivity index (χ0n) is 20.8. The number of fused-ring (bicyclic) bond motifs is 2. The molecule has 0 radical (unpaired) electrons. The fourth-order valence-electron chi connectivity index (χ4n) is 4.25. The van der Waals surface area contributed by atoms with Gasteiger partial charge in [0.25, 0.3) is 0 Å². The third-order valence-electron chi connectivity index (χ3n) is 8.03. The summed E-state index contributed by atoms with van der Waals surface area (Å²) in [4.78, 5) is 13.8. The minimum absolute atomic E-state index is 0.00573. The maximum Gasteiger partial charge on any atom is 0.193 e. The molecule has 0 heterocycles. The number of hydrogen-bond donors (Lipinski definition) is 0. The smallest absolute Gasteiger partial charge is 0.193 e. The van der Waals surface area contributed by atoms with E-state index in [-0.39, 0.29) is 21.8 Å². The Morgan fingerprint density at radius 2 is 1.60 bits per heavy atom. The molecule has 7 heteroatoms. The van der Waals surface area contributed by atoms with E-state index in [1.165, 1.54) is 0 Å². The minimum Gasteiger partial charge on any atom is -0.406 e. The van der Waals surface area contributed by atoms with Crippen molar-refractivity contribution in [1.82, 2.24) is 0 Å². The van der Waals surface area contributed by atoms with Gasteiger partial charge in [0.2, 0.25) is 0 Å². The molecular weight excluding hydrogens is 426 g/mol. The number of thioether (sulfide) groups is 1. The highest BCUT2D eigenvalue weighted by atomic mass is 32.2. The van der Waals surface area contributed by atoms with Crippen LogP contribution < -0.4 is 0 Å². The maximum absolute atomic E-state index is 13.8. The summed E-state index contributed by atoms with van der Waals surface area (Å²) in [5.74, 6) is 0.0650. The Labute approximate surface area is 190 Å². The first-order valence-electron chi connectivity index (χ1n) is 10.9. The second-order valence-corrected chi connectivity index (χ2v) is 22.3. The Morgan fingerprint density at radius 1 is 1.10 bits per heavy atom. The van der Waals surface area contributed by atoms with Crippen molar-refractivity contribution >= 4 is 34.2 Å². The summed E-state index contributed by atoms with van der Waals surface area (Å²) < 4.78 is 14.3. The quantitative estimate of drug-likeness (QED) is 0.437. The first-order chi connectivity index (χ1) is 13.4. The van der Waals surface area contributed by atoms with Crippen molar-refractivity contribution in [3.05, 3.63) is 12.2 Å². The molecule has 0 saturated heterocycles. The molecule has 1 saturated carbocycles. The van der Waals surface area contributed by atoms with Gasteiger partial charge in [-0.3, -0.25) is 4.79 Å². The van der Waals surface area contributed by atoms with E-state index in [9.17, 15) is 10.1 Å². The van der Waals surface area contributed by atoms with Crippen LogP contribution in [0.15, 0.2) is 12.2 Å². The molecule has 0 spiro atoms. The van der Waals surface area contributed by atoms with E-state index in [2.05, 4.69) is 80.1 Å². The van der Waals surface area contributed by atoms with Crippen molar-refractivity contribution < 1.29 is 13.6 Å². The highest BCUT2D eigenvalue weighted by molar-refractivity contribution is 7.98. The third-order valence-corrected chi connectivity index (χ3v) is 17.7. The SMILES string of the molecule is CSC[C@]1(O[Si](C)(C)C(C)(C)C)[C@@H]2C=CC(=O)[C@@]1(O[Si](C)(C)C(C)(C)C)[C@H](C#N)C2. The molecule has 2 bridgehead atoms. The lowest BCUT2D eigenvalue weighted by Gasteiger charge is -2.57. The van der Waals surface area contributed by atoms with Crippen LogP contribution in [0, 0.1) is 23.2 Å². The predicted octanol–water partition coefficient (Wildman–Crippen LogP) is 6.17. The molecule has 0 aliphatic heterocycles. The number of rotatable bonds is 6. The molecule has 30 heavy (non-hydrogen) atoms. The van der Waals surface area contributed by atoms with Gasteiger partial charge in [0.15, 0.2) is 28.0 Å². The maximum atomic E-state index is 13.8. The molecule has 4 atom stereocenters. The molecule has 2 rings (SSSR count). The number of nitrogens with zero attached hydrogens (tertiary/aromatic N) is 1. The van der Waals surface area contributed by atoms with Gasteiger partial charge in [-0.15, -0.1) is 0 Å². The van der Waals surface area contributed by atoms with Crippen molar-refractivity contribution in [2.45, 2.75) is 95.4 Å². The van der Waals surface area contributed by atoms with E-state index in [4.69, 9.17) is 8.85 Å². The summed E-state index contributed by atoms with van der Waals surface area (Å²) in [7, 11) is -4.64. The van der Waals surface area contributed by atoms with Crippen LogP contribution in [0.3, 0.4) is 0 Å². The Kier molecular flexibility index (Phi) is 6.79. The molecule has 0 aromatic carbocycles. The Balaban J connectivity index is 2.80. The molecule has 0 amide bonds. The molecule has 0 aromatic rings. The fourth-order valence-corrected chi connectivity index (χ4v) is 8.39. The minimum atomic E-state index is -2.38. The molecule has 170 valence electrons. The summed E-state index contributed by atoms with van der Waals surface area (Å²) in [5, 5.41) is 10.1. The number of carbonyl (C=O) groups is 1. The van der Waals surface area contributed by atoms with Gasteiger partial charge in [0.1, 0.15) is 5.60 Å². The van der Waals surface area contributed by atoms with E-state index in [1.54, 1.807) is 17.8 Å². The second-order valence-electron chi connectivity index (χ2n) is 12.0. The highest BCUT2D eigenvalue weighted by Gasteiger charge is 2.74. The lowest BCUT2D eigenvalue weighted by molar-refractivity contribution is -0.158. The van der Waals surface area contributed by atoms with E-state index in [0.29, 0.717) is 12.2 Å². The van der Waals surface area contributed by atoms with E-state index in [1.807, 2.05) is 6.08 Å². The molecule has 0 aromatic heterocycles. The van der Waals surface area contributed by atoms with Crippen LogP contribution in [0.2, 0.25) is 36.3 Å². The first-order valence-corrected chi connectivity index (χ1v) is 18.1. The third kappa shape index (κ3) is 3.81. The van der Waals surface area contributed by atoms with Crippen LogP contribution in [0.25, 0.3) is 0 Å². The average Bonchev–Trinajstić information content (AvgIpc) is 2.69. The van der Waals surface area contributed by atoms with Gasteiger partial charge in [-0.05, 0) is 55.0 Å². The van der Waals surface area contributed by atoms with Crippen molar-refractivity contribution in [3.8, 4) is 6.07 Å². The number of hydrogen-bond acceptors (Lipinski definition) is 5. The molecule has 1 fully saturated rings.